The minimum Gasteiger partial charge on any atom is -0.367 e. The molecule has 1 fully saturated rings. The molecule has 0 aliphatic carbocycles. The molecule has 4 nitrogen and oxygen atoms in total. The van der Waals surface area contributed by atoms with Crippen LogP contribution in [-0.2, 0) is 24.8 Å². The molecule has 1 aromatic heterocycles. The van der Waals surface area contributed by atoms with Gasteiger partial charge in [0.2, 0.25) is 0 Å². The molecule has 2 heterocycles. The fourth-order valence-electron chi connectivity index (χ4n) is 3.26. The van der Waals surface area contributed by atoms with Crippen molar-refractivity contribution in [3.8, 4) is 0 Å². The minimum atomic E-state index is -0.111. The second kappa shape index (κ2) is 5.43. The predicted octanol–water partition coefficient (Wildman–Crippen LogP) is 3.13. The monoisotopic (exact) mass is 343 g/mol. The molecule has 1 aromatic rings. The van der Waals surface area contributed by atoms with Crippen molar-refractivity contribution in [3.63, 3.8) is 0 Å². The Morgan fingerprint density at radius 2 is 1.75 bits per heavy atom. The first-order chi connectivity index (χ1) is 9.13. The zero-order valence-electron chi connectivity index (χ0n) is 13.5. The van der Waals surface area contributed by atoms with Crippen molar-refractivity contribution in [1.29, 1.82) is 0 Å². The number of ether oxygens (including phenoxy) is 1. The van der Waals surface area contributed by atoms with Gasteiger partial charge in [-0.05, 0) is 50.0 Å². The zero-order valence-corrected chi connectivity index (χ0v) is 15.0. The molecule has 5 heteroatoms. The fraction of sp³-hybridized carbons (Fsp3) is 0.800. The average molecular weight is 344 g/mol. The van der Waals surface area contributed by atoms with E-state index in [1.54, 1.807) is 0 Å². The third kappa shape index (κ3) is 3.43. The summed E-state index contributed by atoms with van der Waals surface area (Å²) in [5.74, 6) is 0. The first-order valence-corrected chi connectivity index (χ1v) is 8.05. The number of halogens is 1. The van der Waals surface area contributed by atoms with Crippen LogP contribution in [0.25, 0.3) is 0 Å². The van der Waals surface area contributed by atoms with Crippen LogP contribution in [0.1, 0.15) is 46.0 Å². The van der Waals surface area contributed by atoms with Gasteiger partial charge in [0.1, 0.15) is 0 Å². The number of nitrogens with zero attached hydrogens (tertiary/aromatic N) is 3. The van der Waals surface area contributed by atoms with Crippen LogP contribution in [0.15, 0.2) is 4.47 Å². The summed E-state index contributed by atoms with van der Waals surface area (Å²) in [5, 5.41) is 4.58. The molecule has 0 saturated carbocycles. The molecule has 114 valence electrons. The molecule has 1 aliphatic rings. The van der Waals surface area contributed by atoms with Crippen LogP contribution >= 0.6 is 15.9 Å². The van der Waals surface area contributed by atoms with Crippen LogP contribution in [0, 0.1) is 0 Å². The number of morpholine rings is 1. The van der Waals surface area contributed by atoms with E-state index in [1.165, 1.54) is 5.69 Å². The van der Waals surface area contributed by atoms with E-state index in [0.717, 1.165) is 36.2 Å². The Balaban J connectivity index is 2.19. The van der Waals surface area contributed by atoms with Crippen LogP contribution in [0.4, 0.5) is 0 Å². The van der Waals surface area contributed by atoms with Crippen molar-refractivity contribution >= 4 is 15.9 Å². The standard InChI is InChI=1S/C15H26BrN3O/c1-7-11-13(16)12(18(6)17-11)8-19-9-14(2,3)20-15(4,5)10-19/h7-10H2,1-6H3. The molecule has 0 unspecified atom stereocenters. The van der Waals surface area contributed by atoms with Crippen molar-refractivity contribution in [3.05, 3.63) is 15.9 Å². The van der Waals surface area contributed by atoms with E-state index < -0.39 is 0 Å². The van der Waals surface area contributed by atoms with Crippen molar-refractivity contribution in [2.45, 2.75) is 58.8 Å². The first kappa shape index (κ1) is 16.0. The smallest absolute Gasteiger partial charge is 0.0767 e. The van der Waals surface area contributed by atoms with Gasteiger partial charge < -0.3 is 4.74 Å². The molecule has 0 spiro atoms. The van der Waals surface area contributed by atoms with E-state index in [1.807, 2.05) is 11.7 Å². The van der Waals surface area contributed by atoms with Gasteiger partial charge in [-0.1, -0.05) is 6.92 Å². The van der Waals surface area contributed by atoms with Gasteiger partial charge in [0.15, 0.2) is 0 Å². The fourth-order valence-corrected chi connectivity index (χ4v) is 4.00. The van der Waals surface area contributed by atoms with Crippen molar-refractivity contribution in [1.82, 2.24) is 14.7 Å². The van der Waals surface area contributed by atoms with E-state index in [-0.39, 0.29) is 11.2 Å². The van der Waals surface area contributed by atoms with E-state index in [9.17, 15) is 0 Å². The second-order valence-corrected chi connectivity index (χ2v) is 7.74. The maximum Gasteiger partial charge on any atom is 0.0767 e. The van der Waals surface area contributed by atoms with Crippen LogP contribution in [0.3, 0.4) is 0 Å². The summed E-state index contributed by atoms with van der Waals surface area (Å²) in [4.78, 5) is 2.46. The Morgan fingerprint density at radius 3 is 2.20 bits per heavy atom. The summed E-state index contributed by atoms with van der Waals surface area (Å²) >= 11 is 3.70. The summed E-state index contributed by atoms with van der Waals surface area (Å²) in [6.07, 6.45) is 0.953. The lowest BCUT2D eigenvalue weighted by atomic mass is 9.99. The van der Waals surface area contributed by atoms with Gasteiger partial charge in [0, 0.05) is 26.7 Å². The Bertz CT molecular complexity index is 478. The Labute approximate surface area is 130 Å². The third-order valence-electron chi connectivity index (χ3n) is 3.64. The average Bonchev–Trinajstić information content (AvgIpc) is 2.52. The number of aromatic nitrogens is 2. The molecule has 1 saturated heterocycles. The van der Waals surface area contributed by atoms with Crippen LogP contribution in [0.2, 0.25) is 0 Å². The molecule has 0 N–H and O–H groups in total. The lowest BCUT2D eigenvalue weighted by Gasteiger charge is -2.47. The highest BCUT2D eigenvalue weighted by Gasteiger charge is 2.38. The van der Waals surface area contributed by atoms with Gasteiger partial charge in [0.05, 0.1) is 27.1 Å². The number of hydrogen-bond acceptors (Lipinski definition) is 3. The maximum absolute atomic E-state index is 6.14. The Hall–Kier alpha value is -0.390. The van der Waals surface area contributed by atoms with Crippen molar-refractivity contribution < 1.29 is 4.74 Å². The van der Waals surface area contributed by atoms with Crippen molar-refractivity contribution in [2.24, 2.45) is 7.05 Å². The second-order valence-electron chi connectivity index (χ2n) is 6.95. The van der Waals surface area contributed by atoms with Crippen LogP contribution < -0.4 is 0 Å². The van der Waals surface area contributed by atoms with Gasteiger partial charge in [-0.15, -0.1) is 0 Å². The summed E-state index contributed by atoms with van der Waals surface area (Å²) in [5.41, 5.74) is 2.16. The molecular formula is C15H26BrN3O. The molecule has 2 rings (SSSR count). The normalized spacial score (nSPS) is 22.1. The number of aryl methyl sites for hydroxylation is 2. The molecule has 0 atom stereocenters. The van der Waals surface area contributed by atoms with Crippen LogP contribution in [0.5, 0.6) is 0 Å². The van der Waals surface area contributed by atoms with E-state index in [0.29, 0.717) is 0 Å². The van der Waals surface area contributed by atoms with Gasteiger partial charge in [0.25, 0.3) is 0 Å². The predicted molar refractivity (Wildman–Crippen MR) is 84.8 cm³/mol. The van der Waals surface area contributed by atoms with Gasteiger partial charge in [-0.25, -0.2) is 0 Å². The molecule has 0 radical (unpaired) electrons. The molecule has 1 aliphatic heterocycles. The molecule has 20 heavy (non-hydrogen) atoms. The molecule has 0 aromatic carbocycles. The first-order valence-electron chi connectivity index (χ1n) is 7.26. The highest BCUT2D eigenvalue weighted by molar-refractivity contribution is 9.10. The molecule has 0 bridgehead atoms. The largest absolute Gasteiger partial charge is 0.367 e. The Morgan fingerprint density at radius 1 is 1.20 bits per heavy atom. The summed E-state index contributed by atoms with van der Waals surface area (Å²) in [7, 11) is 2.02. The summed E-state index contributed by atoms with van der Waals surface area (Å²) in [6, 6.07) is 0. The lowest BCUT2D eigenvalue weighted by Crippen LogP contribution is -2.56. The minimum absolute atomic E-state index is 0.111. The SMILES string of the molecule is CCc1nn(C)c(CN2CC(C)(C)OC(C)(C)C2)c1Br. The Kier molecular flexibility index (Phi) is 4.34. The van der Waals surface area contributed by atoms with Gasteiger partial charge in [-0.2, -0.15) is 5.10 Å². The van der Waals surface area contributed by atoms with Gasteiger partial charge >= 0.3 is 0 Å². The number of rotatable bonds is 3. The highest BCUT2D eigenvalue weighted by atomic mass is 79.9. The van der Waals surface area contributed by atoms with Gasteiger partial charge in [-0.3, -0.25) is 9.58 Å². The van der Waals surface area contributed by atoms with E-state index in [2.05, 4.69) is 60.5 Å². The topological polar surface area (TPSA) is 30.3 Å². The van der Waals surface area contributed by atoms with Crippen molar-refractivity contribution in [2.75, 3.05) is 13.1 Å². The maximum atomic E-state index is 6.14. The summed E-state index contributed by atoms with van der Waals surface area (Å²) in [6.45, 7) is 13.6. The summed E-state index contributed by atoms with van der Waals surface area (Å²) < 4.78 is 9.30. The van der Waals surface area contributed by atoms with Crippen LogP contribution in [-0.4, -0.2) is 39.0 Å². The molecular weight excluding hydrogens is 318 g/mol. The highest BCUT2D eigenvalue weighted by Crippen LogP contribution is 2.30. The number of hydrogen-bond donors (Lipinski definition) is 0. The third-order valence-corrected chi connectivity index (χ3v) is 4.55. The van der Waals surface area contributed by atoms with E-state index in [4.69, 9.17) is 4.74 Å². The molecule has 0 amide bonds. The lowest BCUT2D eigenvalue weighted by molar-refractivity contribution is -0.182. The quantitative estimate of drug-likeness (QED) is 0.844. The zero-order chi connectivity index (χ0) is 15.1. The van der Waals surface area contributed by atoms with E-state index >= 15 is 0 Å².